The third kappa shape index (κ3) is 0.877. The number of hydrogen-bond donors (Lipinski definition) is 1. The summed E-state index contributed by atoms with van der Waals surface area (Å²) in [6, 6.07) is 0.559. The summed E-state index contributed by atoms with van der Waals surface area (Å²) in [7, 11) is 0. The highest BCUT2D eigenvalue weighted by Gasteiger charge is 2.33. The maximum Gasteiger partial charge on any atom is 0.00673 e. The van der Waals surface area contributed by atoms with Gasteiger partial charge < -0.3 is 5.73 Å². The third-order valence-corrected chi connectivity index (χ3v) is 3.10. The van der Waals surface area contributed by atoms with Crippen molar-refractivity contribution in [2.45, 2.75) is 38.1 Å². The molecule has 0 spiro atoms. The van der Waals surface area contributed by atoms with Crippen LogP contribution in [0.1, 0.15) is 32.1 Å². The SMILES string of the molecule is N[C@@H]1CC[C@H]2CC[C@@H]1C2. The van der Waals surface area contributed by atoms with Gasteiger partial charge in [-0.05, 0) is 37.5 Å². The van der Waals surface area contributed by atoms with E-state index in [-0.39, 0.29) is 0 Å². The zero-order valence-electron chi connectivity index (χ0n) is 5.84. The number of hydrogen-bond acceptors (Lipinski definition) is 1. The van der Waals surface area contributed by atoms with Crippen LogP contribution in [0.4, 0.5) is 0 Å². The average Bonchev–Trinajstić information content (AvgIpc) is 2.25. The van der Waals surface area contributed by atoms with Crippen LogP contribution in [-0.2, 0) is 0 Å². The minimum absolute atomic E-state index is 0.559. The first-order valence-electron chi connectivity index (χ1n) is 4.12. The van der Waals surface area contributed by atoms with E-state index in [2.05, 4.69) is 0 Å². The highest BCUT2D eigenvalue weighted by Crippen LogP contribution is 2.40. The summed E-state index contributed by atoms with van der Waals surface area (Å²) in [5, 5.41) is 0. The van der Waals surface area contributed by atoms with Crippen LogP contribution in [0, 0.1) is 11.8 Å². The van der Waals surface area contributed by atoms with Gasteiger partial charge in [0.1, 0.15) is 0 Å². The van der Waals surface area contributed by atoms with Gasteiger partial charge in [0.25, 0.3) is 0 Å². The van der Waals surface area contributed by atoms with Gasteiger partial charge in [0.2, 0.25) is 0 Å². The van der Waals surface area contributed by atoms with E-state index in [1.807, 2.05) is 0 Å². The molecule has 1 heteroatoms. The van der Waals surface area contributed by atoms with Crippen LogP contribution >= 0.6 is 0 Å². The second kappa shape index (κ2) is 1.98. The standard InChI is InChI=1S/C8H15N/c9-8-4-2-6-1-3-7(8)5-6/h6-8H,1-5,9H2/t6-,7-,8-/m1/s1. The van der Waals surface area contributed by atoms with Crippen LogP contribution in [0.2, 0.25) is 0 Å². The fraction of sp³-hybridized carbons (Fsp3) is 1.00. The van der Waals surface area contributed by atoms with Crippen LogP contribution in [-0.4, -0.2) is 6.04 Å². The Labute approximate surface area is 56.6 Å². The van der Waals surface area contributed by atoms with Gasteiger partial charge in [-0.3, -0.25) is 0 Å². The maximum absolute atomic E-state index is 5.92. The molecule has 52 valence electrons. The number of nitrogens with two attached hydrogens (primary N) is 1. The molecule has 0 unspecified atom stereocenters. The van der Waals surface area contributed by atoms with Gasteiger partial charge in [-0.15, -0.1) is 0 Å². The van der Waals surface area contributed by atoms with Crippen LogP contribution in [0.3, 0.4) is 0 Å². The molecule has 0 saturated heterocycles. The van der Waals surface area contributed by atoms with Crippen LogP contribution in [0.25, 0.3) is 0 Å². The Kier molecular flexibility index (Phi) is 1.26. The number of fused-ring (bicyclic) bond motifs is 2. The molecule has 0 amide bonds. The van der Waals surface area contributed by atoms with Crippen LogP contribution in [0.15, 0.2) is 0 Å². The maximum atomic E-state index is 5.92. The Balaban J connectivity index is 2.05. The molecular formula is C8H15N. The molecule has 9 heavy (non-hydrogen) atoms. The molecule has 0 aromatic carbocycles. The number of rotatable bonds is 0. The van der Waals surface area contributed by atoms with Gasteiger partial charge in [-0.2, -0.15) is 0 Å². The van der Waals surface area contributed by atoms with Crippen molar-refractivity contribution in [1.29, 1.82) is 0 Å². The van der Waals surface area contributed by atoms with Gasteiger partial charge in [0.05, 0.1) is 0 Å². The smallest absolute Gasteiger partial charge is 0.00673 e. The molecule has 2 fully saturated rings. The Hall–Kier alpha value is -0.0400. The predicted molar refractivity (Wildman–Crippen MR) is 38.0 cm³/mol. The summed E-state index contributed by atoms with van der Waals surface area (Å²) in [5.74, 6) is 1.97. The van der Waals surface area contributed by atoms with Gasteiger partial charge in [-0.1, -0.05) is 6.42 Å². The van der Waals surface area contributed by atoms with Crippen LogP contribution < -0.4 is 5.73 Å². The van der Waals surface area contributed by atoms with Crippen molar-refractivity contribution < 1.29 is 0 Å². The quantitative estimate of drug-likeness (QED) is 0.522. The van der Waals surface area contributed by atoms with Crippen molar-refractivity contribution in [3.63, 3.8) is 0 Å². The average molecular weight is 125 g/mol. The molecular weight excluding hydrogens is 110 g/mol. The minimum atomic E-state index is 0.559. The van der Waals surface area contributed by atoms with Crippen LogP contribution in [0.5, 0.6) is 0 Å². The lowest BCUT2D eigenvalue weighted by atomic mass is 9.86. The molecule has 2 aliphatic carbocycles. The van der Waals surface area contributed by atoms with Crippen molar-refractivity contribution in [3.05, 3.63) is 0 Å². The lowest BCUT2D eigenvalue weighted by Gasteiger charge is -2.24. The third-order valence-electron chi connectivity index (χ3n) is 3.10. The molecule has 0 heterocycles. The second-order valence-corrected chi connectivity index (χ2v) is 3.68. The second-order valence-electron chi connectivity index (χ2n) is 3.68. The molecule has 1 nitrogen and oxygen atoms in total. The van der Waals surface area contributed by atoms with E-state index < -0.39 is 0 Å². The normalized spacial score (nSPS) is 49.7. The molecule has 2 saturated carbocycles. The molecule has 0 radical (unpaired) electrons. The van der Waals surface area contributed by atoms with Crippen molar-refractivity contribution in [3.8, 4) is 0 Å². The highest BCUT2D eigenvalue weighted by atomic mass is 14.7. The van der Waals surface area contributed by atoms with Crippen molar-refractivity contribution >= 4 is 0 Å². The van der Waals surface area contributed by atoms with Crippen molar-refractivity contribution in [2.24, 2.45) is 17.6 Å². The predicted octanol–water partition coefficient (Wildman–Crippen LogP) is 1.52. The molecule has 0 aliphatic heterocycles. The molecule has 2 aliphatic rings. The molecule has 3 atom stereocenters. The van der Waals surface area contributed by atoms with Gasteiger partial charge >= 0.3 is 0 Å². The molecule has 2 bridgehead atoms. The largest absolute Gasteiger partial charge is 0.327 e. The first kappa shape index (κ1) is 5.72. The van der Waals surface area contributed by atoms with E-state index >= 15 is 0 Å². The first-order chi connectivity index (χ1) is 4.36. The summed E-state index contributed by atoms with van der Waals surface area (Å²) in [6.07, 6.45) is 7.05. The zero-order valence-corrected chi connectivity index (χ0v) is 5.84. The van der Waals surface area contributed by atoms with E-state index in [4.69, 9.17) is 5.73 Å². The minimum Gasteiger partial charge on any atom is -0.327 e. The van der Waals surface area contributed by atoms with Crippen molar-refractivity contribution in [1.82, 2.24) is 0 Å². The Morgan fingerprint density at radius 3 is 2.56 bits per heavy atom. The Bertz CT molecular complexity index is 111. The molecule has 0 aromatic rings. The summed E-state index contributed by atoms with van der Waals surface area (Å²) >= 11 is 0. The van der Waals surface area contributed by atoms with E-state index in [1.165, 1.54) is 32.1 Å². The summed E-state index contributed by atoms with van der Waals surface area (Å²) in [4.78, 5) is 0. The summed E-state index contributed by atoms with van der Waals surface area (Å²) < 4.78 is 0. The lowest BCUT2D eigenvalue weighted by Crippen LogP contribution is -2.31. The van der Waals surface area contributed by atoms with Gasteiger partial charge in [0, 0.05) is 6.04 Å². The highest BCUT2D eigenvalue weighted by molar-refractivity contribution is 4.88. The molecule has 0 aromatic heterocycles. The van der Waals surface area contributed by atoms with Crippen molar-refractivity contribution in [2.75, 3.05) is 0 Å². The van der Waals surface area contributed by atoms with E-state index in [9.17, 15) is 0 Å². The van der Waals surface area contributed by atoms with E-state index in [1.54, 1.807) is 0 Å². The van der Waals surface area contributed by atoms with E-state index in [0.717, 1.165) is 11.8 Å². The topological polar surface area (TPSA) is 26.0 Å². The van der Waals surface area contributed by atoms with Gasteiger partial charge in [-0.25, -0.2) is 0 Å². The molecule has 2 rings (SSSR count). The fourth-order valence-corrected chi connectivity index (χ4v) is 2.43. The monoisotopic (exact) mass is 125 g/mol. The molecule has 2 N–H and O–H groups in total. The first-order valence-corrected chi connectivity index (χ1v) is 4.12. The Morgan fingerprint density at radius 1 is 1.00 bits per heavy atom. The summed E-state index contributed by atoms with van der Waals surface area (Å²) in [5.41, 5.74) is 5.92. The van der Waals surface area contributed by atoms with Gasteiger partial charge in [0.15, 0.2) is 0 Å². The summed E-state index contributed by atoms with van der Waals surface area (Å²) in [6.45, 7) is 0. The zero-order chi connectivity index (χ0) is 6.27. The lowest BCUT2D eigenvalue weighted by molar-refractivity contribution is 0.314. The fourth-order valence-electron chi connectivity index (χ4n) is 2.43. The van der Waals surface area contributed by atoms with E-state index in [0.29, 0.717) is 6.04 Å². The Morgan fingerprint density at radius 2 is 1.78 bits per heavy atom.